The van der Waals surface area contributed by atoms with Gasteiger partial charge in [0.25, 0.3) is 0 Å². The summed E-state index contributed by atoms with van der Waals surface area (Å²) in [4.78, 5) is 9.45. The van der Waals surface area contributed by atoms with Gasteiger partial charge in [0.1, 0.15) is 5.82 Å². The Morgan fingerprint density at radius 2 is 2.12 bits per heavy atom. The third-order valence-electron chi connectivity index (χ3n) is 4.13. The molecule has 0 radical (unpaired) electrons. The van der Waals surface area contributed by atoms with Crippen LogP contribution in [0.25, 0.3) is 11.4 Å². The van der Waals surface area contributed by atoms with E-state index in [9.17, 15) is 5.11 Å². The Kier molecular flexibility index (Phi) is 5.66. The maximum atomic E-state index is 9.89. The second-order valence-corrected chi connectivity index (χ2v) is 6.47. The van der Waals surface area contributed by atoms with Crippen LogP contribution < -0.4 is 5.32 Å². The first-order valence-electron chi connectivity index (χ1n) is 8.24. The minimum absolute atomic E-state index is 0.293. The molecular formula is C18H22ClN3O2. The highest BCUT2D eigenvalue weighted by Gasteiger charge is 2.19. The molecule has 2 N–H and O–H groups in total. The molecule has 3 rings (SSSR count). The molecule has 1 aliphatic rings. The lowest BCUT2D eigenvalue weighted by Crippen LogP contribution is -2.25. The molecule has 1 heterocycles. The first-order chi connectivity index (χ1) is 11.7. The first-order valence-corrected chi connectivity index (χ1v) is 8.62. The number of halogens is 1. The number of nitrogens with zero attached hydrogens (tertiary/aromatic N) is 2. The van der Waals surface area contributed by atoms with E-state index in [1.807, 2.05) is 24.3 Å². The van der Waals surface area contributed by atoms with Crippen molar-refractivity contribution in [3.63, 3.8) is 0 Å². The van der Waals surface area contributed by atoms with Crippen LogP contribution in [0.3, 0.4) is 0 Å². The largest absolute Gasteiger partial charge is 0.389 e. The van der Waals surface area contributed by atoms with E-state index in [2.05, 4.69) is 5.32 Å². The second-order valence-electron chi connectivity index (χ2n) is 6.03. The van der Waals surface area contributed by atoms with Gasteiger partial charge in [-0.2, -0.15) is 0 Å². The molecule has 24 heavy (non-hydrogen) atoms. The number of anilines is 1. The predicted octanol–water partition coefficient (Wildman–Crippen LogP) is 3.10. The fourth-order valence-corrected chi connectivity index (χ4v) is 3.15. The number of rotatable bonds is 6. The highest BCUT2D eigenvalue weighted by Crippen LogP contribution is 2.29. The number of aliphatic hydroxyl groups excluding tert-OH is 1. The topological polar surface area (TPSA) is 67.3 Å². The summed E-state index contributed by atoms with van der Waals surface area (Å²) in [6.45, 7) is 0.688. The lowest BCUT2D eigenvalue weighted by Gasteiger charge is -2.21. The van der Waals surface area contributed by atoms with Gasteiger partial charge in [0.05, 0.1) is 12.7 Å². The van der Waals surface area contributed by atoms with Gasteiger partial charge in [0, 0.05) is 35.5 Å². The number of nitrogens with one attached hydrogen (secondary N) is 1. The van der Waals surface area contributed by atoms with Crippen molar-refractivity contribution in [2.24, 2.45) is 0 Å². The SMILES string of the molecule is COCC(O)CNc1nc(-c2cccc(Cl)c2)nc2c1CCCC2. The zero-order valence-electron chi connectivity index (χ0n) is 13.8. The monoisotopic (exact) mass is 347 g/mol. The van der Waals surface area contributed by atoms with Crippen LogP contribution in [0.5, 0.6) is 0 Å². The van der Waals surface area contributed by atoms with Crippen LogP contribution in [0.4, 0.5) is 5.82 Å². The fourth-order valence-electron chi connectivity index (χ4n) is 2.96. The van der Waals surface area contributed by atoms with Crippen LogP contribution in [0.15, 0.2) is 24.3 Å². The van der Waals surface area contributed by atoms with Gasteiger partial charge < -0.3 is 15.2 Å². The standard InChI is InChI=1S/C18H22ClN3O2/c1-24-11-14(23)10-20-18-15-7-2-3-8-16(15)21-17(22-18)12-5-4-6-13(19)9-12/h4-6,9,14,23H,2-3,7-8,10-11H2,1H3,(H,20,21,22). The third-order valence-corrected chi connectivity index (χ3v) is 4.37. The van der Waals surface area contributed by atoms with E-state index in [1.165, 1.54) is 0 Å². The van der Waals surface area contributed by atoms with Crippen LogP contribution in [0.1, 0.15) is 24.1 Å². The number of benzene rings is 1. The van der Waals surface area contributed by atoms with Crippen molar-refractivity contribution in [1.29, 1.82) is 0 Å². The van der Waals surface area contributed by atoms with Gasteiger partial charge in [-0.1, -0.05) is 23.7 Å². The third kappa shape index (κ3) is 4.04. The van der Waals surface area contributed by atoms with Crippen molar-refractivity contribution >= 4 is 17.4 Å². The fraction of sp³-hybridized carbons (Fsp3) is 0.444. The Bertz CT molecular complexity index is 709. The van der Waals surface area contributed by atoms with Crippen molar-refractivity contribution in [2.45, 2.75) is 31.8 Å². The van der Waals surface area contributed by atoms with Gasteiger partial charge in [0.2, 0.25) is 0 Å². The molecule has 5 nitrogen and oxygen atoms in total. The van der Waals surface area contributed by atoms with Gasteiger partial charge in [0.15, 0.2) is 5.82 Å². The molecule has 1 aromatic carbocycles. The van der Waals surface area contributed by atoms with E-state index in [-0.39, 0.29) is 0 Å². The summed E-state index contributed by atoms with van der Waals surface area (Å²) in [5.41, 5.74) is 3.16. The summed E-state index contributed by atoms with van der Waals surface area (Å²) < 4.78 is 4.97. The molecule has 1 unspecified atom stereocenters. The van der Waals surface area contributed by atoms with Crippen LogP contribution in [-0.2, 0) is 17.6 Å². The van der Waals surface area contributed by atoms with Crippen molar-refractivity contribution in [3.05, 3.63) is 40.5 Å². The molecule has 0 saturated heterocycles. The summed E-state index contributed by atoms with van der Waals surface area (Å²) >= 11 is 6.10. The molecule has 0 spiro atoms. The van der Waals surface area contributed by atoms with Crippen LogP contribution in [0, 0.1) is 0 Å². The molecule has 0 fully saturated rings. The van der Waals surface area contributed by atoms with E-state index in [0.717, 1.165) is 48.3 Å². The lowest BCUT2D eigenvalue weighted by atomic mass is 9.96. The van der Waals surface area contributed by atoms with Crippen LogP contribution >= 0.6 is 11.6 Å². The van der Waals surface area contributed by atoms with Gasteiger partial charge in [-0.15, -0.1) is 0 Å². The number of ether oxygens (including phenoxy) is 1. The molecule has 0 amide bonds. The van der Waals surface area contributed by atoms with E-state index in [4.69, 9.17) is 26.3 Å². The summed E-state index contributed by atoms with van der Waals surface area (Å²) in [5.74, 6) is 1.48. The maximum absolute atomic E-state index is 9.89. The number of aliphatic hydroxyl groups is 1. The molecule has 0 bridgehead atoms. The van der Waals surface area contributed by atoms with Gasteiger partial charge in [-0.25, -0.2) is 9.97 Å². The highest BCUT2D eigenvalue weighted by atomic mass is 35.5. The van der Waals surface area contributed by atoms with Crippen LogP contribution in [-0.4, -0.2) is 41.4 Å². The van der Waals surface area contributed by atoms with E-state index in [1.54, 1.807) is 7.11 Å². The molecule has 128 valence electrons. The van der Waals surface area contributed by atoms with E-state index >= 15 is 0 Å². The number of hydrogen-bond acceptors (Lipinski definition) is 5. The number of aromatic nitrogens is 2. The zero-order chi connectivity index (χ0) is 16.9. The number of aryl methyl sites for hydroxylation is 1. The smallest absolute Gasteiger partial charge is 0.161 e. The molecule has 2 aromatic rings. The Labute approximate surface area is 147 Å². The predicted molar refractivity (Wildman–Crippen MR) is 95.5 cm³/mol. The van der Waals surface area contributed by atoms with E-state index < -0.39 is 6.10 Å². The lowest BCUT2D eigenvalue weighted by molar-refractivity contribution is 0.0727. The molecule has 6 heteroatoms. The molecular weight excluding hydrogens is 326 g/mol. The van der Waals surface area contributed by atoms with Gasteiger partial charge in [-0.3, -0.25) is 0 Å². The minimum Gasteiger partial charge on any atom is -0.389 e. The van der Waals surface area contributed by atoms with Gasteiger partial charge in [-0.05, 0) is 37.8 Å². The number of methoxy groups -OCH3 is 1. The first kappa shape index (κ1) is 17.1. The summed E-state index contributed by atoms with van der Waals surface area (Å²) in [5, 5.41) is 13.8. The Morgan fingerprint density at radius 1 is 1.29 bits per heavy atom. The summed E-state index contributed by atoms with van der Waals surface area (Å²) in [6, 6.07) is 7.56. The Morgan fingerprint density at radius 3 is 2.92 bits per heavy atom. The van der Waals surface area contributed by atoms with Crippen molar-refractivity contribution < 1.29 is 9.84 Å². The number of fused-ring (bicyclic) bond motifs is 1. The summed E-state index contributed by atoms with van der Waals surface area (Å²) in [7, 11) is 1.58. The van der Waals surface area contributed by atoms with Crippen molar-refractivity contribution in [2.75, 3.05) is 25.6 Å². The Hall–Kier alpha value is -1.69. The average molecular weight is 348 g/mol. The normalized spacial score (nSPS) is 15.0. The zero-order valence-corrected chi connectivity index (χ0v) is 14.5. The summed E-state index contributed by atoms with van der Waals surface area (Å²) in [6.07, 6.45) is 3.64. The molecule has 1 aliphatic carbocycles. The Balaban J connectivity index is 1.92. The minimum atomic E-state index is -0.571. The molecule has 0 saturated carbocycles. The second kappa shape index (κ2) is 7.92. The average Bonchev–Trinajstić information content (AvgIpc) is 2.59. The molecule has 0 aliphatic heterocycles. The maximum Gasteiger partial charge on any atom is 0.161 e. The van der Waals surface area contributed by atoms with Gasteiger partial charge >= 0.3 is 0 Å². The van der Waals surface area contributed by atoms with Crippen molar-refractivity contribution in [3.8, 4) is 11.4 Å². The van der Waals surface area contributed by atoms with E-state index in [0.29, 0.717) is 24.0 Å². The number of hydrogen-bond donors (Lipinski definition) is 2. The van der Waals surface area contributed by atoms with Crippen LogP contribution in [0.2, 0.25) is 5.02 Å². The molecule has 1 atom stereocenters. The highest BCUT2D eigenvalue weighted by molar-refractivity contribution is 6.30. The van der Waals surface area contributed by atoms with Crippen molar-refractivity contribution in [1.82, 2.24) is 9.97 Å². The molecule has 1 aromatic heterocycles. The quantitative estimate of drug-likeness (QED) is 0.840.